The normalized spacial score (nSPS) is 31.7. The molecule has 0 aromatic carbocycles. The first-order valence-corrected chi connectivity index (χ1v) is 7.35. The summed E-state index contributed by atoms with van der Waals surface area (Å²) in [5, 5.41) is 36.0. The van der Waals surface area contributed by atoms with E-state index in [1.807, 2.05) is 0 Å². The third kappa shape index (κ3) is 4.96. The predicted molar refractivity (Wildman–Crippen MR) is 79.7 cm³/mol. The molecule has 126 valence electrons. The van der Waals surface area contributed by atoms with Gasteiger partial charge in [0.15, 0.2) is 12.1 Å². The molecule has 5 unspecified atom stereocenters. The molecule has 0 amide bonds. The lowest BCUT2D eigenvalue weighted by Crippen LogP contribution is -2.56. The van der Waals surface area contributed by atoms with Gasteiger partial charge in [-0.3, -0.25) is 4.79 Å². The number of aliphatic hydroxyl groups excluding tert-OH is 3. The van der Waals surface area contributed by atoms with Crippen LogP contribution >= 0.6 is 0 Å². The van der Waals surface area contributed by atoms with Gasteiger partial charge in [-0.05, 0) is 19.8 Å². The Bertz CT molecular complexity index is 399. The third-order valence-corrected chi connectivity index (χ3v) is 3.71. The van der Waals surface area contributed by atoms with E-state index in [0.717, 1.165) is 6.21 Å². The lowest BCUT2D eigenvalue weighted by molar-refractivity contribution is -0.278. The van der Waals surface area contributed by atoms with Gasteiger partial charge in [0.1, 0.15) is 12.2 Å². The van der Waals surface area contributed by atoms with Crippen LogP contribution in [0.2, 0.25) is 0 Å². The minimum absolute atomic E-state index is 0.229. The topological polar surface area (TPSA) is 120 Å². The molecule has 0 radical (unpaired) electrons. The van der Waals surface area contributed by atoms with Crippen LogP contribution in [0, 0.1) is 11.3 Å². The number of rotatable bonds is 9. The van der Waals surface area contributed by atoms with Gasteiger partial charge in [-0.15, -0.1) is 0 Å². The largest absolute Gasteiger partial charge is 0.394 e. The number of aliphatic hydroxyl groups is 3. The van der Waals surface area contributed by atoms with Gasteiger partial charge in [0, 0.05) is 13.0 Å². The quantitative estimate of drug-likeness (QED) is 0.270. The van der Waals surface area contributed by atoms with Crippen LogP contribution in [-0.2, 0) is 14.3 Å². The number of nitrogens with one attached hydrogen (secondary N) is 1. The Labute approximate surface area is 130 Å². The lowest BCUT2D eigenvalue weighted by atomic mass is 9.86. The second-order valence-electron chi connectivity index (χ2n) is 5.52. The smallest absolute Gasteiger partial charge is 0.173 e. The van der Waals surface area contributed by atoms with Gasteiger partial charge in [0.2, 0.25) is 0 Å². The van der Waals surface area contributed by atoms with Crippen molar-refractivity contribution in [3.8, 4) is 0 Å². The predicted octanol–water partition coefficient (Wildman–Crippen LogP) is 0.0233. The first-order chi connectivity index (χ1) is 10.4. The summed E-state index contributed by atoms with van der Waals surface area (Å²) in [7, 11) is 0. The molecule has 1 heterocycles. The number of carbonyl (C=O) groups is 1. The number of unbranched alkanes of at least 4 members (excludes halogenated alkanes) is 1. The molecule has 5 atom stereocenters. The van der Waals surface area contributed by atoms with Gasteiger partial charge in [-0.25, -0.2) is 0 Å². The highest BCUT2D eigenvalue weighted by Gasteiger charge is 2.44. The van der Waals surface area contributed by atoms with Gasteiger partial charge in [-0.2, -0.15) is 0 Å². The Balaban J connectivity index is 2.52. The van der Waals surface area contributed by atoms with E-state index in [1.54, 1.807) is 6.92 Å². The lowest BCUT2D eigenvalue weighted by Gasteiger charge is -2.42. The Morgan fingerprint density at radius 2 is 2.05 bits per heavy atom. The average Bonchev–Trinajstić information content (AvgIpc) is 2.49. The Kier molecular flexibility index (Phi) is 7.84. The molecule has 7 heteroatoms. The van der Waals surface area contributed by atoms with E-state index in [1.165, 1.54) is 0 Å². The molecule has 0 spiro atoms. The second kappa shape index (κ2) is 9.12. The standard InChI is InChI=1S/C15H25NO6/c1-9(2)12-14(20)13(19)11(8-17)22-15(12)21-6-4-3-5-10(18)7-16/h7,11-17,19-20H,1,3-6,8H2,2H3. The maximum absolute atomic E-state index is 11.0. The molecule has 1 aliphatic rings. The first kappa shape index (κ1) is 18.9. The molecule has 4 N–H and O–H groups in total. The Morgan fingerprint density at radius 1 is 1.36 bits per heavy atom. The summed E-state index contributed by atoms with van der Waals surface area (Å²) in [5.74, 6) is -0.811. The molecular weight excluding hydrogens is 290 g/mol. The highest BCUT2D eigenvalue weighted by molar-refractivity contribution is 6.26. The first-order valence-electron chi connectivity index (χ1n) is 7.35. The maximum Gasteiger partial charge on any atom is 0.173 e. The fourth-order valence-electron chi connectivity index (χ4n) is 2.42. The number of hydrogen-bond acceptors (Lipinski definition) is 7. The molecule has 0 aliphatic carbocycles. The molecule has 1 fully saturated rings. The van der Waals surface area contributed by atoms with E-state index in [9.17, 15) is 20.1 Å². The van der Waals surface area contributed by atoms with E-state index in [4.69, 9.17) is 14.9 Å². The molecule has 0 aromatic rings. The van der Waals surface area contributed by atoms with Crippen LogP contribution in [0.4, 0.5) is 0 Å². The molecular formula is C15H25NO6. The van der Waals surface area contributed by atoms with E-state index >= 15 is 0 Å². The van der Waals surface area contributed by atoms with Gasteiger partial charge < -0.3 is 30.2 Å². The summed E-state index contributed by atoms with van der Waals surface area (Å²) in [6, 6.07) is 0. The molecule has 0 aromatic heterocycles. The highest BCUT2D eigenvalue weighted by Crippen LogP contribution is 2.31. The van der Waals surface area contributed by atoms with Crippen LogP contribution in [0.15, 0.2) is 12.2 Å². The van der Waals surface area contributed by atoms with Crippen LogP contribution in [0.25, 0.3) is 0 Å². The molecule has 0 saturated carbocycles. The summed E-state index contributed by atoms with van der Waals surface area (Å²) >= 11 is 0. The van der Waals surface area contributed by atoms with Crippen molar-refractivity contribution < 1.29 is 29.6 Å². The Hall–Kier alpha value is -1.12. The van der Waals surface area contributed by atoms with Crippen molar-refractivity contribution in [2.24, 2.45) is 5.92 Å². The van der Waals surface area contributed by atoms with E-state index in [0.29, 0.717) is 31.4 Å². The maximum atomic E-state index is 11.0. The number of carbonyl (C=O) groups excluding carboxylic acids is 1. The van der Waals surface area contributed by atoms with Crippen molar-refractivity contribution in [3.05, 3.63) is 12.2 Å². The molecule has 7 nitrogen and oxygen atoms in total. The molecule has 1 rings (SSSR count). The van der Waals surface area contributed by atoms with Gasteiger partial charge in [0.05, 0.1) is 24.8 Å². The number of hydrogen-bond donors (Lipinski definition) is 4. The molecule has 1 saturated heterocycles. The van der Waals surface area contributed by atoms with Crippen molar-refractivity contribution in [3.63, 3.8) is 0 Å². The van der Waals surface area contributed by atoms with Crippen molar-refractivity contribution in [1.82, 2.24) is 0 Å². The zero-order chi connectivity index (χ0) is 16.7. The zero-order valence-corrected chi connectivity index (χ0v) is 12.8. The fraction of sp³-hybridized carbons (Fsp3) is 0.733. The average molecular weight is 315 g/mol. The van der Waals surface area contributed by atoms with Crippen molar-refractivity contribution in [2.45, 2.75) is 50.8 Å². The molecule has 1 aliphatic heterocycles. The minimum atomic E-state index is -1.20. The highest BCUT2D eigenvalue weighted by atomic mass is 16.7. The summed E-state index contributed by atoms with van der Waals surface area (Å²) in [6.07, 6.45) is -1.74. The van der Waals surface area contributed by atoms with Gasteiger partial charge >= 0.3 is 0 Å². The second-order valence-corrected chi connectivity index (χ2v) is 5.52. The summed E-state index contributed by atoms with van der Waals surface area (Å²) in [5.41, 5.74) is 0.618. The fourth-order valence-corrected chi connectivity index (χ4v) is 2.42. The van der Waals surface area contributed by atoms with Crippen LogP contribution in [-0.4, -0.2) is 65.1 Å². The van der Waals surface area contributed by atoms with Crippen LogP contribution in [0.1, 0.15) is 26.2 Å². The van der Waals surface area contributed by atoms with E-state index in [-0.39, 0.29) is 5.78 Å². The van der Waals surface area contributed by atoms with Crippen LogP contribution in [0.3, 0.4) is 0 Å². The molecule has 0 bridgehead atoms. The monoisotopic (exact) mass is 315 g/mol. The van der Waals surface area contributed by atoms with Gasteiger partial charge in [0.25, 0.3) is 0 Å². The number of ketones is 1. The summed E-state index contributed by atoms with van der Waals surface area (Å²) < 4.78 is 11.1. The van der Waals surface area contributed by atoms with Crippen LogP contribution < -0.4 is 0 Å². The van der Waals surface area contributed by atoms with Crippen molar-refractivity contribution in [1.29, 1.82) is 5.41 Å². The Morgan fingerprint density at radius 3 is 2.59 bits per heavy atom. The third-order valence-electron chi connectivity index (χ3n) is 3.71. The minimum Gasteiger partial charge on any atom is -0.394 e. The van der Waals surface area contributed by atoms with Crippen LogP contribution in [0.5, 0.6) is 0 Å². The zero-order valence-electron chi connectivity index (χ0n) is 12.8. The van der Waals surface area contributed by atoms with E-state index in [2.05, 4.69) is 6.58 Å². The summed E-state index contributed by atoms with van der Waals surface area (Å²) in [6.45, 7) is 5.38. The van der Waals surface area contributed by atoms with Crippen molar-refractivity contribution >= 4 is 12.0 Å². The van der Waals surface area contributed by atoms with Crippen molar-refractivity contribution in [2.75, 3.05) is 13.2 Å². The van der Waals surface area contributed by atoms with Gasteiger partial charge in [-0.1, -0.05) is 12.2 Å². The number of ether oxygens (including phenoxy) is 2. The number of Topliss-reactive ketones (excluding diaryl/α,β-unsaturated/α-hetero) is 1. The summed E-state index contributed by atoms with van der Waals surface area (Å²) in [4.78, 5) is 11.0. The van der Waals surface area contributed by atoms with E-state index < -0.39 is 37.1 Å². The SMILES string of the molecule is C=C(C)C1C(OCCCCC(=O)C=N)OC(CO)C(O)C1O. The molecule has 22 heavy (non-hydrogen) atoms.